The maximum atomic E-state index is 10.8. The maximum Gasteiger partial charge on any atom is 0.235 e. The van der Waals surface area contributed by atoms with Gasteiger partial charge in [-0.2, -0.15) is 5.10 Å². The van der Waals surface area contributed by atoms with Crippen molar-refractivity contribution in [3.63, 3.8) is 0 Å². The normalized spacial score (nSPS) is 10.6. The zero-order valence-corrected chi connectivity index (χ0v) is 9.06. The molecule has 0 spiro atoms. The monoisotopic (exact) mass is 215 g/mol. The van der Waals surface area contributed by atoms with Crippen molar-refractivity contribution in [2.45, 2.75) is 26.3 Å². The van der Waals surface area contributed by atoms with E-state index in [9.17, 15) is 4.79 Å². The summed E-state index contributed by atoms with van der Waals surface area (Å²) in [5.74, 6) is 0.210. The minimum Gasteiger partial charge on any atom is -0.349 e. The van der Waals surface area contributed by atoms with Crippen LogP contribution in [0.5, 0.6) is 0 Å². The number of carbonyl (C=O) groups is 1. The topological polar surface area (TPSA) is 57.8 Å². The molecule has 78 valence electrons. The molecule has 2 N–H and O–H groups in total. The van der Waals surface area contributed by atoms with Crippen molar-refractivity contribution in [2.24, 2.45) is 0 Å². The van der Waals surface area contributed by atoms with Gasteiger partial charge in [0.05, 0.1) is 17.9 Å². The number of nitrogens with one attached hydrogen (secondary N) is 2. The number of nitrogens with zero attached hydrogens (tertiary/aromatic N) is 1. The van der Waals surface area contributed by atoms with Crippen LogP contribution < -0.4 is 5.32 Å². The molecule has 0 atom stereocenters. The van der Waals surface area contributed by atoms with Gasteiger partial charge < -0.3 is 5.32 Å². The second-order valence-corrected chi connectivity index (χ2v) is 3.65. The van der Waals surface area contributed by atoms with Crippen LogP contribution in [0.15, 0.2) is 6.07 Å². The van der Waals surface area contributed by atoms with Crippen LogP contribution in [0, 0.1) is 0 Å². The second-order valence-electron chi connectivity index (χ2n) is 3.38. The van der Waals surface area contributed by atoms with Crippen LogP contribution in [0.1, 0.15) is 31.2 Å². The fourth-order valence-corrected chi connectivity index (χ4v) is 1.10. The zero-order valence-electron chi connectivity index (χ0n) is 8.30. The molecule has 14 heavy (non-hydrogen) atoms. The van der Waals surface area contributed by atoms with Gasteiger partial charge in [-0.25, -0.2) is 0 Å². The largest absolute Gasteiger partial charge is 0.349 e. The number of hydrogen-bond acceptors (Lipinski definition) is 2. The number of halogens is 1. The molecule has 0 aliphatic heterocycles. The van der Waals surface area contributed by atoms with Gasteiger partial charge in [0.2, 0.25) is 5.91 Å². The Morgan fingerprint density at radius 1 is 1.71 bits per heavy atom. The van der Waals surface area contributed by atoms with E-state index in [1.807, 2.05) is 6.07 Å². The molecule has 1 rings (SSSR count). The Morgan fingerprint density at radius 3 is 2.93 bits per heavy atom. The molecule has 0 saturated heterocycles. The molecule has 5 heteroatoms. The van der Waals surface area contributed by atoms with Gasteiger partial charge in [-0.3, -0.25) is 9.89 Å². The first-order chi connectivity index (χ1) is 6.63. The molecule has 0 fully saturated rings. The summed E-state index contributed by atoms with van der Waals surface area (Å²) < 4.78 is 0. The number of H-pyrrole nitrogens is 1. The molecule has 0 unspecified atom stereocenters. The van der Waals surface area contributed by atoms with Crippen molar-refractivity contribution in [2.75, 3.05) is 5.88 Å². The minimum atomic E-state index is -0.174. The van der Waals surface area contributed by atoms with Gasteiger partial charge in [0.1, 0.15) is 5.88 Å². The van der Waals surface area contributed by atoms with Crippen LogP contribution in [0.25, 0.3) is 0 Å². The van der Waals surface area contributed by atoms with Gasteiger partial charge in [-0.05, 0) is 12.0 Å². The van der Waals surface area contributed by atoms with Gasteiger partial charge in [0.25, 0.3) is 0 Å². The Balaban J connectivity index is 2.48. The van der Waals surface area contributed by atoms with Crippen LogP contribution in [0.3, 0.4) is 0 Å². The lowest BCUT2D eigenvalue weighted by molar-refractivity contribution is -0.118. The highest BCUT2D eigenvalue weighted by atomic mass is 35.5. The SMILES string of the molecule is CC(C)c1cc(CNC(=O)CCl)[nH]n1. The third-order valence-electron chi connectivity index (χ3n) is 1.84. The van der Waals surface area contributed by atoms with Gasteiger partial charge in [-0.1, -0.05) is 13.8 Å². The van der Waals surface area contributed by atoms with Crippen molar-refractivity contribution in [3.8, 4) is 0 Å². The van der Waals surface area contributed by atoms with E-state index in [1.165, 1.54) is 0 Å². The average Bonchev–Trinajstić information content (AvgIpc) is 2.62. The number of aromatic nitrogens is 2. The van der Waals surface area contributed by atoms with Crippen molar-refractivity contribution in [1.29, 1.82) is 0 Å². The predicted molar refractivity (Wildman–Crippen MR) is 55.2 cm³/mol. The molecule has 0 aliphatic carbocycles. The van der Waals surface area contributed by atoms with Crippen molar-refractivity contribution in [1.82, 2.24) is 15.5 Å². The Hall–Kier alpha value is -1.03. The van der Waals surface area contributed by atoms with Gasteiger partial charge in [-0.15, -0.1) is 11.6 Å². The lowest BCUT2D eigenvalue weighted by atomic mass is 10.1. The molecule has 0 aliphatic rings. The first-order valence-corrected chi connectivity index (χ1v) is 5.03. The number of carbonyl (C=O) groups excluding carboxylic acids is 1. The standard InChI is InChI=1S/C9H14ClN3O/c1-6(2)8-3-7(12-13-8)5-11-9(14)4-10/h3,6H,4-5H2,1-2H3,(H,11,14)(H,12,13). The molecule has 1 amide bonds. The summed E-state index contributed by atoms with van der Waals surface area (Å²) >= 11 is 5.34. The highest BCUT2D eigenvalue weighted by Gasteiger charge is 2.05. The summed E-state index contributed by atoms with van der Waals surface area (Å²) in [6.45, 7) is 4.58. The molecular formula is C9H14ClN3O. The molecule has 0 bridgehead atoms. The van der Waals surface area contributed by atoms with Crippen LogP contribution in [-0.2, 0) is 11.3 Å². The molecule has 1 heterocycles. The lowest BCUT2D eigenvalue weighted by Crippen LogP contribution is -2.23. The van der Waals surface area contributed by atoms with Crippen LogP contribution in [0.2, 0.25) is 0 Å². The first-order valence-electron chi connectivity index (χ1n) is 4.50. The Bertz CT molecular complexity index is 309. The Kier molecular flexibility index (Phi) is 3.95. The molecular weight excluding hydrogens is 202 g/mol. The molecule has 0 aromatic carbocycles. The van der Waals surface area contributed by atoms with E-state index in [0.717, 1.165) is 11.4 Å². The number of amides is 1. The fourth-order valence-electron chi connectivity index (χ4n) is 1.01. The third-order valence-corrected chi connectivity index (χ3v) is 2.08. The van der Waals surface area contributed by atoms with Gasteiger partial charge in [0.15, 0.2) is 0 Å². The van der Waals surface area contributed by atoms with Gasteiger partial charge >= 0.3 is 0 Å². The summed E-state index contributed by atoms with van der Waals surface area (Å²) in [7, 11) is 0. The van der Waals surface area contributed by atoms with E-state index < -0.39 is 0 Å². The van der Waals surface area contributed by atoms with Crippen LogP contribution in [-0.4, -0.2) is 22.0 Å². The summed E-state index contributed by atoms with van der Waals surface area (Å²) in [5, 5.41) is 9.63. The molecule has 1 aromatic rings. The second kappa shape index (κ2) is 5.00. The van der Waals surface area contributed by atoms with E-state index >= 15 is 0 Å². The van der Waals surface area contributed by atoms with Crippen molar-refractivity contribution in [3.05, 3.63) is 17.5 Å². The van der Waals surface area contributed by atoms with E-state index in [0.29, 0.717) is 12.5 Å². The highest BCUT2D eigenvalue weighted by molar-refractivity contribution is 6.27. The first kappa shape index (κ1) is 11.0. The Labute approximate surface area is 88.0 Å². The van der Waals surface area contributed by atoms with Crippen LogP contribution in [0.4, 0.5) is 0 Å². The molecule has 0 saturated carbocycles. The van der Waals surface area contributed by atoms with Gasteiger partial charge in [0, 0.05) is 0 Å². The van der Waals surface area contributed by atoms with Crippen LogP contribution >= 0.6 is 11.6 Å². The number of aromatic amines is 1. The van der Waals surface area contributed by atoms with Crippen molar-refractivity contribution >= 4 is 17.5 Å². The lowest BCUT2D eigenvalue weighted by Gasteiger charge is -1.99. The third kappa shape index (κ3) is 3.03. The summed E-state index contributed by atoms with van der Waals surface area (Å²) in [6, 6.07) is 1.94. The Morgan fingerprint density at radius 2 is 2.43 bits per heavy atom. The molecule has 0 radical (unpaired) electrons. The van der Waals surface area contributed by atoms with E-state index in [2.05, 4.69) is 29.4 Å². The minimum absolute atomic E-state index is 0.00876. The zero-order chi connectivity index (χ0) is 10.6. The summed E-state index contributed by atoms with van der Waals surface area (Å²) in [6.07, 6.45) is 0. The molecule has 4 nitrogen and oxygen atoms in total. The predicted octanol–water partition coefficient (Wildman–Crippen LogP) is 1.39. The average molecular weight is 216 g/mol. The maximum absolute atomic E-state index is 10.8. The van der Waals surface area contributed by atoms with E-state index in [4.69, 9.17) is 11.6 Å². The number of rotatable bonds is 4. The fraction of sp³-hybridized carbons (Fsp3) is 0.556. The van der Waals surface area contributed by atoms with E-state index in [1.54, 1.807) is 0 Å². The van der Waals surface area contributed by atoms with E-state index in [-0.39, 0.29) is 11.8 Å². The summed E-state index contributed by atoms with van der Waals surface area (Å²) in [5.41, 5.74) is 1.90. The number of hydrogen-bond donors (Lipinski definition) is 2. The molecule has 1 aromatic heterocycles. The summed E-state index contributed by atoms with van der Waals surface area (Å²) in [4.78, 5) is 10.8. The van der Waals surface area contributed by atoms with Crippen molar-refractivity contribution < 1.29 is 4.79 Å². The smallest absolute Gasteiger partial charge is 0.235 e. The quantitative estimate of drug-likeness (QED) is 0.746. The highest BCUT2D eigenvalue weighted by Crippen LogP contribution is 2.11. The number of alkyl halides is 1.